The average molecular weight is 312 g/mol. The molecule has 1 fully saturated rings. The van der Waals surface area contributed by atoms with E-state index in [2.05, 4.69) is 16.9 Å². The topological polar surface area (TPSA) is 67.2 Å². The highest BCUT2D eigenvalue weighted by Crippen LogP contribution is 2.18. The van der Waals surface area contributed by atoms with Gasteiger partial charge in [0, 0.05) is 26.6 Å². The number of nitrogens with zero attached hydrogens (tertiary/aromatic N) is 3. The maximum Gasteiger partial charge on any atom is 0.225 e. The molecule has 2 amide bonds. The number of rotatable bonds is 5. The minimum atomic E-state index is -0.294. The number of hydrogen-bond donors (Lipinski definition) is 1. The van der Waals surface area contributed by atoms with Crippen molar-refractivity contribution in [3.8, 4) is 0 Å². The Bertz CT molecular complexity index is 765. The molecule has 1 unspecified atom stereocenters. The molecule has 1 N–H and O–H groups in total. The van der Waals surface area contributed by atoms with Gasteiger partial charge in [-0.25, -0.2) is 4.98 Å². The number of benzene rings is 1. The lowest BCUT2D eigenvalue weighted by Crippen LogP contribution is -2.33. The molecule has 0 spiro atoms. The number of aromatic nitrogens is 2. The van der Waals surface area contributed by atoms with Gasteiger partial charge in [0.25, 0.3) is 0 Å². The Morgan fingerprint density at radius 1 is 1.48 bits per heavy atom. The van der Waals surface area contributed by atoms with Gasteiger partial charge in [-0.15, -0.1) is 6.58 Å². The van der Waals surface area contributed by atoms with Crippen LogP contribution in [0.4, 0.5) is 0 Å². The second kappa shape index (κ2) is 6.24. The molecule has 6 heteroatoms. The van der Waals surface area contributed by atoms with Gasteiger partial charge in [-0.2, -0.15) is 0 Å². The van der Waals surface area contributed by atoms with Crippen LogP contribution in [0.25, 0.3) is 11.0 Å². The van der Waals surface area contributed by atoms with Crippen molar-refractivity contribution in [3.05, 3.63) is 42.7 Å². The van der Waals surface area contributed by atoms with E-state index in [1.165, 1.54) is 0 Å². The van der Waals surface area contributed by atoms with Crippen molar-refractivity contribution in [1.82, 2.24) is 19.8 Å². The first kappa shape index (κ1) is 15.3. The van der Waals surface area contributed by atoms with Crippen LogP contribution in [0.1, 0.15) is 12.2 Å². The van der Waals surface area contributed by atoms with Crippen molar-refractivity contribution in [2.75, 3.05) is 13.1 Å². The molecule has 0 bridgehead atoms. The summed E-state index contributed by atoms with van der Waals surface area (Å²) in [6.07, 6.45) is 1.94. The standard InChI is InChI=1S/C17H20N4O2/c1-3-8-21-11-12(9-16(21)22)17(23)18-10-15-19-13-6-4-5-7-14(13)20(15)2/h3-7,12H,1,8-11H2,2H3,(H,18,23). The molecular formula is C17H20N4O2. The molecule has 2 aromatic rings. The van der Waals surface area contributed by atoms with E-state index < -0.39 is 0 Å². The number of carbonyl (C=O) groups excluding carboxylic acids is 2. The second-order valence-corrected chi connectivity index (χ2v) is 5.78. The summed E-state index contributed by atoms with van der Waals surface area (Å²) in [6, 6.07) is 7.85. The lowest BCUT2D eigenvalue weighted by atomic mass is 10.1. The van der Waals surface area contributed by atoms with Crippen LogP contribution in [-0.2, 0) is 23.2 Å². The van der Waals surface area contributed by atoms with Crippen LogP contribution in [-0.4, -0.2) is 39.4 Å². The fourth-order valence-corrected chi connectivity index (χ4v) is 2.94. The Labute approximate surface area is 134 Å². The number of carbonyl (C=O) groups is 2. The van der Waals surface area contributed by atoms with E-state index in [-0.39, 0.29) is 24.2 Å². The number of likely N-dealkylation sites (tertiary alicyclic amines) is 1. The number of amides is 2. The fraction of sp³-hybridized carbons (Fsp3) is 0.353. The zero-order chi connectivity index (χ0) is 16.4. The van der Waals surface area contributed by atoms with Crippen LogP contribution in [0.2, 0.25) is 0 Å². The predicted molar refractivity (Wildman–Crippen MR) is 87.4 cm³/mol. The highest BCUT2D eigenvalue weighted by molar-refractivity contribution is 5.89. The van der Waals surface area contributed by atoms with E-state index in [1.54, 1.807) is 11.0 Å². The van der Waals surface area contributed by atoms with Crippen molar-refractivity contribution < 1.29 is 9.59 Å². The van der Waals surface area contributed by atoms with Gasteiger partial charge >= 0.3 is 0 Å². The molecule has 120 valence electrons. The average Bonchev–Trinajstić information content (AvgIpc) is 3.07. The van der Waals surface area contributed by atoms with Gasteiger partial charge < -0.3 is 14.8 Å². The highest BCUT2D eigenvalue weighted by atomic mass is 16.2. The van der Waals surface area contributed by atoms with Gasteiger partial charge in [0.1, 0.15) is 5.82 Å². The number of fused-ring (bicyclic) bond motifs is 1. The molecule has 3 rings (SSSR count). The molecule has 1 saturated heterocycles. The van der Waals surface area contributed by atoms with Crippen LogP contribution >= 0.6 is 0 Å². The Kier molecular flexibility index (Phi) is 4.14. The molecule has 1 aliphatic heterocycles. The Hall–Kier alpha value is -2.63. The maximum absolute atomic E-state index is 12.3. The summed E-state index contributed by atoms with van der Waals surface area (Å²) in [4.78, 5) is 30.3. The van der Waals surface area contributed by atoms with Crippen molar-refractivity contribution >= 4 is 22.8 Å². The third-order valence-corrected chi connectivity index (χ3v) is 4.24. The van der Waals surface area contributed by atoms with Gasteiger partial charge in [-0.3, -0.25) is 9.59 Å². The Morgan fingerprint density at radius 3 is 3.00 bits per heavy atom. The van der Waals surface area contributed by atoms with Crippen molar-refractivity contribution in [2.45, 2.75) is 13.0 Å². The summed E-state index contributed by atoms with van der Waals surface area (Å²) >= 11 is 0. The number of aryl methyl sites for hydroxylation is 1. The molecule has 0 saturated carbocycles. The van der Waals surface area contributed by atoms with Crippen LogP contribution < -0.4 is 5.32 Å². The molecule has 0 radical (unpaired) electrons. The number of nitrogens with one attached hydrogen (secondary N) is 1. The first-order valence-corrected chi connectivity index (χ1v) is 7.67. The van der Waals surface area contributed by atoms with Crippen molar-refractivity contribution in [3.63, 3.8) is 0 Å². The fourth-order valence-electron chi connectivity index (χ4n) is 2.94. The predicted octanol–water partition coefficient (Wildman–Crippen LogP) is 1.22. The number of para-hydroxylation sites is 2. The van der Waals surface area contributed by atoms with Gasteiger partial charge in [-0.05, 0) is 12.1 Å². The van der Waals surface area contributed by atoms with Gasteiger partial charge in [0.05, 0.1) is 23.5 Å². The van der Waals surface area contributed by atoms with E-state index in [0.717, 1.165) is 16.9 Å². The zero-order valence-corrected chi connectivity index (χ0v) is 13.2. The molecule has 1 atom stereocenters. The lowest BCUT2D eigenvalue weighted by molar-refractivity contribution is -0.128. The monoisotopic (exact) mass is 312 g/mol. The van der Waals surface area contributed by atoms with Crippen molar-refractivity contribution in [1.29, 1.82) is 0 Å². The smallest absolute Gasteiger partial charge is 0.225 e. The Balaban J connectivity index is 1.63. The SMILES string of the molecule is C=CCN1CC(C(=O)NCc2nc3ccccc3n2C)CC1=O. The molecule has 1 aromatic heterocycles. The van der Waals surface area contributed by atoms with Crippen LogP contribution in [0.5, 0.6) is 0 Å². The number of imidazole rings is 1. The molecule has 2 heterocycles. The van der Waals surface area contributed by atoms with E-state index in [0.29, 0.717) is 19.6 Å². The van der Waals surface area contributed by atoms with Crippen LogP contribution in [0, 0.1) is 5.92 Å². The minimum absolute atomic E-state index is 0.00720. The Morgan fingerprint density at radius 2 is 2.26 bits per heavy atom. The largest absolute Gasteiger partial charge is 0.349 e. The van der Waals surface area contributed by atoms with Crippen molar-refractivity contribution in [2.24, 2.45) is 13.0 Å². The van der Waals surface area contributed by atoms with Gasteiger partial charge in [-0.1, -0.05) is 18.2 Å². The first-order chi connectivity index (χ1) is 11.1. The molecule has 1 aromatic carbocycles. The molecule has 23 heavy (non-hydrogen) atoms. The quantitative estimate of drug-likeness (QED) is 0.844. The van der Waals surface area contributed by atoms with E-state index in [4.69, 9.17) is 0 Å². The normalized spacial score (nSPS) is 17.7. The maximum atomic E-state index is 12.3. The second-order valence-electron chi connectivity index (χ2n) is 5.78. The van der Waals surface area contributed by atoms with E-state index >= 15 is 0 Å². The van der Waals surface area contributed by atoms with E-state index in [9.17, 15) is 9.59 Å². The molecular weight excluding hydrogens is 292 g/mol. The number of hydrogen-bond acceptors (Lipinski definition) is 3. The first-order valence-electron chi connectivity index (χ1n) is 7.67. The summed E-state index contributed by atoms with van der Waals surface area (Å²) in [6.45, 7) is 4.94. The van der Waals surface area contributed by atoms with Gasteiger partial charge in [0.15, 0.2) is 0 Å². The van der Waals surface area contributed by atoms with Gasteiger partial charge in [0.2, 0.25) is 11.8 Å². The highest BCUT2D eigenvalue weighted by Gasteiger charge is 2.33. The molecule has 1 aliphatic rings. The lowest BCUT2D eigenvalue weighted by Gasteiger charge is -2.14. The third-order valence-electron chi connectivity index (χ3n) is 4.24. The molecule has 6 nitrogen and oxygen atoms in total. The summed E-state index contributed by atoms with van der Waals surface area (Å²) in [7, 11) is 1.93. The third kappa shape index (κ3) is 2.97. The van der Waals surface area contributed by atoms with Crippen LogP contribution in [0.3, 0.4) is 0 Å². The zero-order valence-electron chi connectivity index (χ0n) is 13.2. The molecule has 0 aliphatic carbocycles. The summed E-state index contributed by atoms with van der Waals surface area (Å²) in [5.41, 5.74) is 1.94. The van der Waals surface area contributed by atoms with E-state index in [1.807, 2.05) is 35.9 Å². The summed E-state index contributed by atoms with van der Waals surface area (Å²) < 4.78 is 1.97. The minimum Gasteiger partial charge on any atom is -0.349 e. The van der Waals surface area contributed by atoms with Crippen LogP contribution in [0.15, 0.2) is 36.9 Å². The summed E-state index contributed by atoms with van der Waals surface area (Å²) in [5.74, 6) is 0.411. The summed E-state index contributed by atoms with van der Waals surface area (Å²) in [5, 5.41) is 2.90.